The van der Waals surface area contributed by atoms with Crippen LogP contribution in [0.25, 0.3) is 0 Å². The van der Waals surface area contributed by atoms with Gasteiger partial charge in [0.05, 0.1) is 0 Å². The molecule has 0 unspecified atom stereocenters. The first-order valence-corrected chi connectivity index (χ1v) is 6.47. The normalized spacial score (nSPS) is 11.3. The Morgan fingerprint density at radius 1 is 1.00 bits per heavy atom. The maximum absolute atomic E-state index is 13.9. The summed E-state index contributed by atoms with van der Waals surface area (Å²) in [6.07, 6.45) is 0.701. The lowest BCUT2D eigenvalue weighted by molar-refractivity contribution is -0.0467. The Morgan fingerprint density at radius 3 is 2.45 bits per heavy atom. The molecule has 0 spiro atoms. The van der Waals surface area contributed by atoms with E-state index in [1.54, 1.807) is 36.4 Å². The summed E-state index contributed by atoms with van der Waals surface area (Å²) in [5.74, 6) is -2.57. The van der Waals surface area contributed by atoms with E-state index in [-0.39, 0.29) is 5.56 Å². The highest BCUT2D eigenvalue weighted by Gasteiger charge is 2.32. The van der Waals surface area contributed by atoms with E-state index in [0.29, 0.717) is 18.7 Å². The van der Waals surface area contributed by atoms with Gasteiger partial charge < -0.3 is 10.5 Å². The first-order valence-electron chi connectivity index (χ1n) is 6.47. The number of ether oxygens (including phenoxy) is 1. The fourth-order valence-corrected chi connectivity index (χ4v) is 1.90. The first-order chi connectivity index (χ1) is 9.62. The zero-order chi connectivity index (χ0) is 14.4. The zero-order valence-corrected chi connectivity index (χ0v) is 11.1. The maximum atomic E-state index is 13.9. The third kappa shape index (κ3) is 3.78. The van der Waals surface area contributed by atoms with Crippen LogP contribution in [-0.4, -0.2) is 13.2 Å². The van der Waals surface area contributed by atoms with Crippen molar-refractivity contribution in [1.29, 1.82) is 0 Å². The average Bonchev–Trinajstić information content (AvgIpc) is 2.47. The van der Waals surface area contributed by atoms with Crippen molar-refractivity contribution in [2.24, 2.45) is 5.73 Å². The molecule has 0 saturated carbocycles. The molecule has 0 saturated heterocycles. The van der Waals surface area contributed by atoms with Gasteiger partial charge in [0.25, 0.3) is 0 Å². The molecule has 20 heavy (non-hydrogen) atoms. The number of benzene rings is 2. The second-order valence-electron chi connectivity index (χ2n) is 4.55. The molecule has 0 bridgehead atoms. The van der Waals surface area contributed by atoms with E-state index in [9.17, 15) is 8.78 Å². The van der Waals surface area contributed by atoms with Crippen molar-refractivity contribution in [2.75, 3.05) is 13.2 Å². The standard InChI is InChI=1S/C16H17F2NO/c17-16(18,14-6-2-1-3-7-14)12-20-15-8-4-5-13(11-15)9-10-19/h1-8,11H,9-10,12,19H2. The van der Waals surface area contributed by atoms with Crippen molar-refractivity contribution >= 4 is 0 Å². The van der Waals surface area contributed by atoms with Gasteiger partial charge in [0, 0.05) is 5.56 Å². The molecule has 2 aromatic carbocycles. The van der Waals surface area contributed by atoms with Crippen LogP contribution in [0.3, 0.4) is 0 Å². The Kier molecular flexibility index (Phi) is 4.69. The molecule has 0 fully saturated rings. The van der Waals surface area contributed by atoms with Crippen LogP contribution in [0.5, 0.6) is 5.75 Å². The lowest BCUT2D eigenvalue weighted by Gasteiger charge is -2.17. The van der Waals surface area contributed by atoms with E-state index in [4.69, 9.17) is 10.5 Å². The van der Waals surface area contributed by atoms with Crippen molar-refractivity contribution in [3.8, 4) is 5.75 Å². The summed E-state index contributed by atoms with van der Waals surface area (Å²) < 4.78 is 33.1. The number of halogens is 2. The van der Waals surface area contributed by atoms with Crippen LogP contribution in [0.15, 0.2) is 54.6 Å². The van der Waals surface area contributed by atoms with Crippen molar-refractivity contribution in [3.63, 3.8) is 0 Å². The Hall–Kier alpha value is -1.94. The van der Waals surface area contributed by atoms with Gasteiger partial charge in [-0.1, -0.05) is 42.5 Å². The average molecular weight is 277 g/mol. The highest BCUT2D eigenvalue weighted by atomic mass is 19.3. The van der Waals surface area contributed by atoms with Crippen LogP contribution < -0.4 is 10.5 Å². The molecule has 0 radical (unpaired) electrons. The Bertz CT molecular complexity index is 543. The monoisotopic (exact) mass is 277 g/mol. The Labute approximate surface area is 117 Å². The van der Waals surface area contributed by atoms with Gasteiger partial charge >= 0.3 is 5.92 Å². The van der Waals surface area contributed by atoms with Crippen LogP contribution in [-0.2, 0) is 12.3 Å². The summed E-state index contributed by atoms with van der Waals surface area (Å²) in [7, 11) is 0. The molecule has 0 amide bonds. The molecule has 0 aliphatic rings. The quantitative estimate of drug-likeness (QED) is 0.878. The second kappa shape index (κ2) is 6.48. The third-order valence-corrected chi connectivity index (χ3v) is 2.95. The van der Waals surface area contributed by atoms with E-state index in [1.807, 2.05) is 6.07 Å². The van der Waals surface area contributed by atoms with Crippen LogP contribution in [0.4, 0.5) is 8.78 Å². The van der Waals surface area contributed by atoms with Gasteiger partial charge in [0.15, 0.2) is 6.61 Å². The molecule has 2 rings (SSSR count). The van der Waals surface area contributed by atoms with Crippen LogP contribution >= 0.6 is 0 Å². The minimum absolute atomic E-state index is 0.0434. The summed E-state index contributed by atoms with van der Waals surface area (Å²) >= 11 is 0. The Morgan fingerprint density at radius 2 is 1.75 bits per heavy atom. The topological polar surface area (TPSA) is 35.2 Å². The number of alkyl halides is 2. The predicted octanol–water partition coefficient (Wildman–Crippen LogP) is 3.36. The molecule has 0 aliphatic carbocycles. The fraction of sp³-hybridized carbons (Fsp3) is 0.250. The van der Waals surface area contributed by atoms with Crippen LogP contribution in [0, 0.1) is 0 Å². The summed E-state index contributed by atoms with van der Waals surface area (Å²) in [6.45, 7) is -0.160. The highest BCUT2D eigenvalue weighted by molar-refractivity contribution is 5.29. The molecule has 106 valence electrons. The van der Waals surface area contributed by atoms with Gasteiger partial charge in [-0.25, -0.2) is 0 Å². The minimum atomic E-state index is -3.01. The van der Waals surface area contributed by atoms with Crippen molar-refractivity contribution in [1.82, 2.24) is 0 Å². The molecule has 2 N–H and O–H groups in total. The van der Waals surface area contributed by atoms with Gasteiger partial charge in [-0.15, -0.1) is 0 Å². The smallest absolute Gasteiger partial charge is 0.306 e. The van der Waals surface area contributed by atoms with Gasteiger partial charge in [0.2, 0.25) is 0 Å². The maximum Gasteiger partial charge on any atom is 0.306 e. The number of hydrogen-bond acceptors (Lipinski definition) is 2. The van der Waals surface area contributed by atoms with Gasteiger partial charge in [-0.05, 0) is 30.7 Å². The SMILES string of the molecule is NCCc1cccc(OCC(F)(F)c2ccccc2)c1. The van der Waals surface area contributed by atoms with Gasteiger partial charge in [0.1, 0.15) is 5.75 Å². The lowest BCUT2D eigenvalue weighted by Crippen LogP contribution is -2.23. The van der Waals surface area contributed by atoms with E-state index < -0.39 is 12.5 Å². The van der Waals surface area contributed by atoms with E-state index in [0.717, 1.165) is 5.56 Å². The van der Waals surface area contributed by atoms with E-state index >= 15 is 0 Å². The predicted molar refractivity (Wildman–Crippen MR) is 75.0 cm³/mol. The molecule has 4 heteroatoms. The van der Waals surface area contributed by atoms with Crippen LogP contribution in [0.1, 0.15) is 11.1 Å². The number of rotatable bonds is 6. The lowest BCUT2D eigenvalue weighted by atomic mass is 10.1. The molecular weight excluding hydrogens is 260 g/mol. The Balaban J connectivity index is 2.02. The summed E-state index contributed by atoms with van der Waals surface area (Å²) in [5, 5.41) is 0. The summed E-state index contributed by atoms with van der Waals surface area (Å²) in [4.78, 5) is 0. The minimum Gasteiger partial charge on any atom is -0.487 e. The second-order valence-corrected chi connectivity index (χ2v) is 4.55. The van der Waals surface area contributed by atoms with Crippen molar-refractivity contribution in [3.05, 3.63) is 65.7 Å². The molecular formula is C16H17F2NO. The molecule has 2 nitrogen and oxygen atoms in total. The molecule has 0 aliphatic heterocycles. The molecule has 2 aromatic rings. The van der Waals surface area contributed by atoms with Gasteiger partial charge in [-0.3, -0.25) is 0 Å². The largest absolute Gasteiger partial charge is 0.487 e. The fourth-order valence-electron chi connectivity index (χ4n) is 1.90. The number of nitrogens with two attached hydrogens (primary N) is 1. The molecule has 0 heterocycles. The number of hydrogen-bond donors (Lipinski definition) is 1. The zero-order valence-electron chi connectivity index (χ0n) is 11.1. The molecule has 0 atom stereocenters. The highest BCUT2D eigenvalue weighted by Crippen LogP contribution is 2.28. The van der Waals surface area contributed by atoms with Gasteiger partial charge in [-0.2, -0.15) is 8.78 Å². The third-order valence-electron chi connectivity index (χ3n) is 2.95. The van der Waals surface area contributed by atoms with Crippen LogP contribution in [0.2, 0.25) is 0 Å². The van der Waals surface area contributed by atoms with E-state index in [1.165, 1.54) is 12.1 Å². The van der Waals surface area contributed by atoms with Crippen molar-refractivity contribution in [2.45, 2.75) is 12.3 Å². The first kappa shape index (κ1) is 14.5. The van der Waals surface area contributed by atoms with Crippen molar-refractivity contribution < 1.29 is 13.5 Å². The molecule has 0 aromatic heterocycles. The summed E-state index contributed by atoms with van der Waals surface area (Å²) in [6, 6.07) is 14.8. The summed E-state index contributed by atoms with van der Waals surface area (Å²) in [5.41, 5.74) is 6.41. The van der Waals surface area contributed by atoms with E-state index in [2.05, 4.69) is 0 Å².